The van der Waals surface area contributed by atoms with Crippen LogP contribution >= 0.6 is 0 Å². The highest BCUT2D eigenvalue weighted by Crippen LogP contribution is 2.15. The molecule has 2 heterocycles. The molecule has 0 fully saturated rings. The standard InChI is InChI=1S/C17H18N4O3/c1-3-24-14(22)10-9-13-11(2)18-17-19-15(20-21(17)16(13)23)12-7-5-4-6-8-12/h4-8H,3,9-10H2,1-2H3,(H,18,19,20). The van der Waals surface area contributed by atoms with Crippen LogP contribution in [-0.2, 0) is 16.0 Å². The lowest BCUT2D eigenvalue weighted by atomic mass is 10.1. The monoisotopic (exact) mass is 326 g/mol. The summed E-state index contributed by atoms with van der Waals surface area (Å²) in [6.45, 7) is 3.83. The Bertz CT molecular complexity index is 928. The Hall–Kier alpha value is -2.96. The predicted octanol–water partition coefficient (Wildman–Crippen LogP) is 1.89. The van der Waals surface area contributed by atoms with Crippen molar-refractivity contribution >= 4 is 11.7 Å². The molecular weight excluding hydrogens is 308 g/mol. The van der Waals surface area contributed by atoms with Crippen molar-refractivity contribution in [3.8, 4) is 11.4 Å². The molecular formula is C17H18N4O3. The second-order valence-electron chi connectivity index (χ2n) is 5.36. The summed E-state index contributed by atoms with van der Waals surface area (Å²) in [6.07, 6.45) is 0.441. The van der Waals surface area contributed by atoms with E-state index >= 15 is 0 Å². The molecule has 0 spiro atoms. The molecule has 3 aromatic rings. The number of rotatable bonds is 5. The normalized spacial score (nSPS) is 10.9. The average Bonchev–Trinajstić information content (AvgIpc) is 3.00. The number of H-pyrrole nitrogens is 1. The molecule has 0 aliphatic carbocycles. The lowest BCUT2D eigenvalue weighted by Crippen LogP contribution is -2.23. The number of carbonyl (C=O) groups excluding carboxylic acids is 1. The maximum Gasteiger partial charge on any atom is 0.306 e. The summed E-state index contributed by atoms with van der Waals surface area (Å²) in [5.41, 5.74) is 1.70. The Morgan fingerprint density at radius 3 is 2.71 bits per heavy atom. The third-order valence-corrected chi connectivity index (χ3v) is 3.73. The van der Waals surface area contributed by atoms with Gasteiger partial charge in [0.2, 0.25) is 0 Å². The van der Waals surface area contributed by atoms with Crippen LogP contribution < -0.4 is 5.56 Å². The van der Waals surface area contributed by atoms with Gasteiger partial charge in [0.05, 0.1) is 12.3 Å². The number of aryl methyl sites for hydroxylation is 1. The van der Waals surface area contributed by atoms with Crippen molar-refractivity contribution in [2.24, 2.45) is 0 Å². The molecule has 0 bridgehead atoms. The van der Waals surface area contributed by atoms with E-state index in [2.05, 4.69) is 15.1 Å². The Labute approximate surface area is 138 Å². The summed E-state index contributed by atoms with van der Waals surface area (Å²) in [7, 11) is 0. The van der Waals surface area contributed by atoms with Crippen molar-refractivity contribution in [2.45, 2.75) is 26.7 Å². The van der Waals surface area contributed by atoms with Crippen LogP contribution in [0.15, 0.2) is 35.1 Å². The number of ether oxygens (including phenoxy) is 1. The van der Waals surface area contributed by atoms with Gasteiger partial charge in [-0.1, -0.05) is 30.3 Å². The van der Waals surface area contributed by atoms with Crippen LogP contribution in [0, 0.1) is 6.92 Å². The predicted molar refractivity (Wildman–Crippen MR) is 88.7 cm³/mol. The second-order valence-corrected chi connectivity index (χ2v) is 5.36. The minimum atomic E-state index is -0.323. The molecule has 1 aromatic carbocycles. The van der Waals surface area contributed by atoms with Crippen molar-refractivity contribution < 1.29 is 9.53 Å². The number of carbonyl (C=O) groups is 1. The first-order valence-corrected chi connectivity index (χ1v) is 7.79. The van der Waals surface area contributed by atoms with Crippen LogP contribution in [0.3, 0.4) is 0 Å². The molecule has 7 heteroatoms. The van der Waals surface area contributed by atoms with Gasteiger partial charge in [-0.05, 0) is 20.3 Å². The van der Waals surface area contributed by atoms with Gasteiger partial charge in [-0.2, -0.15) is 9.50 Å². The summed E-state index contributed by atoms with van der Waals surface area (Å²) in [5, 5.41) is 2.97. The van der Waals surface area contributed by atoms with Gasteiger partial charge in [0.25, 0.3) is 11.3 Å². The van der Waals surface area contributed by atoms with Crippen LogP contribution in [0.25, 0.3) is 17.2 Å². The number of fused-ring (bicyclic) bond motifs is 1. The summed E-state index contributed by atoms with van der Waals surface area (Å²) in [5.74, 6) is 0.564. The molecule has 124 valence electrons. The van der Waals surface area contributed by atoms with E-state index in [0.29, 0.717) is 35.9 Å². The van der Waals surface area contributed by atoms with E-state index < -0.39 is 0 Å². The highest BCUT2D eigenvalue weighted by molar-refractivity contribution is 5.69. The fourth-order valence-electron chi connectivity index (χ4n) is 2.53. The molecule has 24 heavy (non-hydrogen) atoms. The number of benzene rings is 1. The van der Waals surface area contributed by atoms with Gasteiger partial charge in [0.15, 0.2) is 5.82 Å². The van der Waals surface area contributed by atoms with Crippen molar-refractivity contribution in [1.82, 2.24) is 19.6 Å². The van der Waals surface area contributed by atoms with Crippen LogP contribution in [0.1, 0.15) is 24.6 Å². The zero-order valence-electron chi connectivity index (χ0n) is 13.6. The van der Waals surface area contributed by atoms with Gasteiger partial charge >= 0.3 is 5.97 Å². The molecule has 3 rings (SSSR count). The number of hydrogen-bond donors (Lipinski definition) is 1. The Kier molecular flexibility index (Phi) is 4.41. The summed E-state index contributed by atoms with van der Waals surface area (Å²) >= 11 is 0. The van der Waals surface area contributed by atoms with Crippen LogP contribution in [-0.4, -0.2) is 32.2 Å². The minimum Gasteiger partial charge on any atom is -0.466 e. The topological polar surface area (TPSA) is 89.3 Å². The van der Waals surface area contributed by atoms with Gasteiger partial charge in [-0.3, -0.25) is 14.7 Å². The smallest absolute Gasteiger partial charge is 0.306 e. The quantitative estimate of drug-likeness (QED) is 0.723. The summed E-state index contributed by atoms with van der Waals surface area (Å²) < 4.78 is 6.22. The molecule has 0 unspecified atom stereocenters. The number of esters is 1. The Balaban J connectivity index is 1.98. The molecule has 0 atom stereocenters. The van der Waals surface area contributed by atoms with E-state index in [9.17, 15) is 9.59 Å². The van der Waals surface area contributed by atoms with Gasteiger partial charge in [-0.15, -0.1) is 0 Å². The van der Waals surface area contributed by atoms with E-state index in [4.69, 9.17) is 4.74 Å². The SMILES string of the molecule is CCOC(=O)CCc1c(C)nc2nc(-c3ccccc3)[nH]n2c1=O. The highest BCUT2D eigenvalue weighted by Gasteiger charge is 2.15. The zero-order valence-corrected chi connectivity index (χ0v) is 13.6. The third-order valence-electron chi connectivity index (χ3n) is 3.73. The number of nitrogens with zero attached hydrogens (tertiary/aromatic N) is 3. The van der Waals surface area contributed by atoms with Crippen molar-refractivity contribution in [3.63, 3.8) is 0 Å². The lowest BCUT2D eigenvalue weighted by molar-refractivity contribution is -0.143. The van der Waals surface area contributed by atoms with Crippen molar-refractivity contribution in [2.75, 3.05) is 6.61 Å². The van der Waals surface area contributed by atoms with Gasteiger partial charge in [-0.25, -0.2) is 4.98 Å². The van der Waals surface area contributed by atoms with E-state index in [0.717, 1.165) is 5.56 Å². The van der Waals surface area contributed by atoms with Crippen molar-refractivity contribution in [3.05, 3.63) is 51.9 Å². The highest BCUT2D eigenvalue weighted by atomic mass is 16.5. The third kappa shape index (κ3) is 3.05. The van der Waals surface area contributed by atoms with Crippen LogP contribution in [0.2, 0.25) is 0 Å². The summed E-state index contributed by atoms with van der Waals surface area (Å²) in [4.78, 5) is 32.9. The molecule has 1 N–H and O–H groups in total. The van der Waals surface area contributed by atoms with E-state index in [1.807, 2.05) is 30.3 Å². The van der Waals surface area contributed by atoms with E-state index in [-0.39, 0.29) is 17.9 Å². The zero-order chi connectivity index (χ0) is 17.1. The minimum absolute atomic E-state index is 0.150. The molecule has 0 aliphatic heterocycles. The van der Waals surface area contributed by atoms with Gasteiger partial charge in [0.1, 0.15) is 0 Å². The first kappa shape index (κ1) is 15.9. The van der Waals surface area contributed by atoms with Crippen LogP contribution in [0.5, 0.6) is 0 Å². The molecule has 0 amide bonds. The maximum atomic E-state index is 12.7. The first-order chi connectivity index (χ1) is 11.6. The first-order valence-electron chi connectivity index (χ1n) is 7.79. The molecule has 0 saturated heterocycles. The second kappa shape index (κ2) is 6.66. The summed E-state index contributed by atoms with van der Waals surface area (Å²) in [6, 6.07) is 9.51. The molecule has 2 aromatic heterocycles. The number of aromatic amines is 1. The Morgan fingerprint density at radius 2 is 2.00 bits per heavy atom. The molecule has 0 aliphatic rings. The fraction of sp³-hybridized carbons (Fsp3) is 0.294. The molecule has 0 saturated carbocycles. The van der Waals surface area contributed by atoms with Gasteiger partial charge < -0.3 is 4.74 Å². The van der Waals surface area contributed by atoms with E-state index in [1.165, 1.54) is 4.52 Å². The molecule has 7 nitrogen and oxygen atoms in total. The van der Waals surface area contributed by atoms with Crippen molar-refractivity contribution in [1.29, 1.82) is 0 Å². The lowest BCUT2D eigenvalue weighted by Gasteiger charge is -2.04. The number of nitrogens with one attached hydrogen (secondary N) is 1. The molecule has 0 radical (unpaired) electrons. The Morgan fingerprint density at radius 1 is 1.25 bits per heavy atom. The number of aromatic nitrogens is 4. The maximum absolute atomic E-state index is 12.7. The number of hydrogen-bond acceptors (Lipinski definition) is 5. The van der Waals surface area contributed by atoms with Crippen LogP contribution in [0.4, 0.5) is 0 Å². The average molecular weight is 326 g/mol. The fourth-order valence-corrected chi connectivity index (χ4v) is 2.53. The van der Waals surface area contributed by atoms with E-state index in [1.54, 1.807) is 13.8 Å². The van der Waals surface area contributed by atoms with Gasteiger partial charge in [0, 0.05) is 17.5 Å². The largest absolute Gasteiger partial charge is 0.466 e.